The van der Waals surface area contributed by atoms with E-state index in [1.165, 1.54) is 4.90 Å². The average Bonchev–Trinajstić information content (AvgIpc) is 2.28. The molecule has 106 valence electrons. The molecule has 3 N–H and O–H groups in total. The molecular weight excluding hydrogens is 264 g/mol. The fourth-order valence-electron chi connectivity index (χ4n) is 1.98. The van der Waals surface area contributed by atoms with Crippen LogP contribution in [0.3, 0.4) is 0 Å². The highest BCUT2D eigenvalue weighted by Gasteiger charge is 2.25. The number of halogens is 1. The molecule has 0 aliphatic rings. The van der Waals surface area contributed by atoms with Crippen LogP contribution < -0.4 is 5.73 Å². The van der Waals surface area contributed by atoms with Crippen molar-refractivity contribution in [1.82, 2.24) is 4.90 Å². The van der Waals surface area contributed by atoms with E-state index < -0.39 is 11.6 Å². The van der Waals surface area contributed by atoms with Gasteiger partial charge in [-0.15, -0.1) is 0 Å². The Kier molecular flexibility index (Phi) is 5.20. The molecule has 1 aromatic carbocycles. The molecule has 0 spiro atoms. The molecule has 19 heavy (non-hydrogen) atoms. The SMILES string of the molecule is CC(C)(C)N(CCc1ccc(Cl)cc1CN)C(=O)O. The monoisotopic (exact) mass is 284 g/mol. The molecule has 0 unspecified atom stereocenters. The summed E-state index contributed by atoms with van der Waals surface area (Å²) < 4.78 is 0. The summed E-state index contributed by atoms with van der Waals surface area (Å²) in [7, 11) is 0. The zero-order chi connectivity index (χ0) is 14.6. The van der Waals surface area contributed by atoms with E-state index >= 15 is 0 Å². The topological polar surface area (TPSA) is 66.6 Å². The molecule has 1 rings (SSSR count). The molecule has 4 nitrogen and oxygen atoms in total. The molecule has 0 radical (unpaired) electrons. The summed E-state index contributed by atoms with van der Waals surface area (Å²) in [5.74, 6) is 0. The number of hydrogen-bond acceptors (Lipinski definition) is 2. The van der Waals surface area contributed by atoms with Gasteiger partial charge in [-0.2, -0.15) is 0 Å². The first-order valence-corrected chi connectivity index (χ1v) is 6.61. The van der Waals surface area contributed by atoms with E-state index in [0.717, 1.165) is 11.1 Å². The molecule has 0 fully saturated rings. The first-order chi connectivity index (χ1) is 8.75. The van der Waals surface area contributed by atoms with E-state index in [1.54, 1.807) is 6.07 Å². The summed E-state index contributed by atoms with van der Waals surface area (Å²) in [5.41, 5.74) is 7.28. The summed E-state index contributed by atoms with van der Waals surface area (Å²) in [4.78, 5) is 12.7. The quantitative estimate of drug-likeness (QED) is 0.893. The second kappa shape index (κ2) is 6.26. The second-order valence-corrected chi connectivity index (χ2v) is 5.91. The van der Waals surface area contributed by atoms with Crippen LogP contribution in [-0.2, 0) is 13.0 Å². The lowest BCUT2D eigenvalue weighted by Gasteiger charge is -2.33. The van der Waals surface area contributed by atoms with Crippen LogP contribution in [0.25, 0.3) is 0 Å². The Morgan fingerprint density at radius 3 is 2.47 bits per heavy atom. The molecule has 0 saturated carbocycles. The fourth-order valence-corrected chi connectivity index (χ4v) is 2.17. The van der Waals surface area contributed by atoms with E-state index in [2.05, 4.69) is 0 Å². The van der Waals surface area contributed by atoms with Gasteiger partial charge in [0.05, 0.1) is 0 Å². The van der Waals surface area contributed by atoms with E-state index in [0.29, 0.717) is 24.5 Å². The number of hydrogen-bond donors (Lipinski definition) is 2. The smallest absolute Gasteiger partial charge is 0.407 e. The standard InChI is InChI=1S/C14H21ClN2O2/c1-14(2,3)17(13(18)19)7-6-10-4-5-12(15)8-11(10)9-16/h4-5,8H,6-7,9,16H2,1-3H3,(H,18,19). The maximum absolute atomic E-state index is 11.3. The van der Waals surface area contributed by atoms with Crippen molar-refractivity contribution in [2.75, 3.05) is 6.54 Å². The number of carboxylic acid groups (broad SMARTS) is 1. The number of nitrogens with zero attached hydrogens (tertiary/aromatic N) is 1. The van der Waals surface area contributed by atoms with Crippen molar-refractivity contribution in [2.24, 2.45) is 5.73 Å². The third-order valence-corrected chi connectivity index (χ3v) is 3.27. The van der Waals surface area contributed by atoms with Gasteiger partial charge in [0, 0.05) is 23.7 Å². The maximum Gasteiger partial charge on any atom is 0.407 e. The normalized spacial score (nSPS) is 11.4. The van der Waals surface area contributed by atoms with Crippen molar-refractivity contribution in [3.63, 3.8) is 0 Å². The highest BCUT2D eigenvalue weighted by atomic mass is 35.5. The Morgan fingerprint density at radius 1 is 1.37 bits per heavy atom. The van der Waals surface area contributed by atoms with Gasteiger partial charge in [-0.1, -0.05) is 17.7 Å². The van der Waals surface area contributed by atoms with Crippen molar-refractivity contribution in [1.29, 1.82) is 0 Å². The largest absolute Gasteiger partial charge is 0.465 e. The van der Waals surface area contributed by atoms with Crippen LogP contribution in [0, 0.1) is 0 Å². The minimum absolute atomic E-state index is 0.401. The summed E-state index contributed by atoms with van der Waals surface area (Å²) in [6.07, 6.45) is -0.274. The number of benzene rings is 1. The molecule has 0 bridgehead atoms. The molecular formula is C14H21ClN2O2. The first-order valence-electron chi connectivity index (χ1n) is 6.23. The van der Waals surface area contributed by atoms with Gasteiger partial charge in [0.1, 0.15) is 0 Å². The molecule has 0 atom stereocenters. The number of amides is 1. The Hall–Kier alpha value is -1.26. The molecule has 0 aliphatic heterocycles. The Bertz CT molecular complexity index is 455. The lowest BCUT2D eigenvalue weighted by molar-refractivity contribution is 0.101. The molecule has 1 aromatic rings. The molecule has 0 aromatic heterocycles. The molecule has 0 heterocycles. The second-order valence-electron chi connectivity index (χ2n) is 5.47. The van der Waals surface area contributed by atoms with Gasteiger partial charge in [-0.3, -0.25) is 0 Å². The molecule has 5 heteroatoms. The summed E-state index contributed by atoms with van der Waals surface area (Å²) in [6.45, 7) is 6.48. The predicted molar refractivity (Wildman–Crippen MR) is 77.5 cm³/mol. The van der Waals surface area contributed by atoms with Gasteiger partial charge in [0.15, 0.2) is 0 Å². The Morgan fingerprint density at radius 2 is 2.00 bits per heavy atom. The minimum Gasteiger partial charge on any atom is -0.465 e. The van der Waals surface area contributed by atoms with Crippen LogP contribution in [0.5, 0.6) is 0 Å². The van der Waals surface area contributed by atoms with Crippen molar-refractivity contribution in [3.8, 4) is 0 Å². The fraction of sp³-hybridized carbons (Fsp3) is 0.500. The minimum atomic E-state index is -0.907. The summed E-state index contributed by atoms with van der Waals surface area (Å²) in [5, 5.41) is 9.89. The maximum atomic E-state index is 11.3. The third-order valence-electron chi connectivity index (χ3n) is 3.03. The highest BCUT2D eigenvalue weighted by Crippen LogP contribution is 2.19. The molecule has 1 amide bonds. The van der Waals surface area contributed by atoms with Crippen molar-refractivity contribution >= 4 is 17.7 Å². The Labute approximate surface area is 119 Å². The zero-order valence-corrected chi connectivity index (χ0v) is 12.4. The van der Waals surface area contributed by atoms with Gasteiger partial charge in [-0.25, -0.2) is 4.79 Å². The lowest BCUT2D eigenvalue weighted by Crippen LogP contribution is -2.46. The van der Waals surface area contributed by atoms with Crippen molar-refractivity contribution in [3.05, 3.63) is 34.3 Å². The van der Waals surface area contributed by atoms with Gasteiger partial charge < -0.3 is 15.7 Å². The van der Waals surface area contributed by atoms with Crippen molar-refractivity contribution in [2.45, 2.75) is 39.3 Å². The van der Waals surface area contributed by atoms with Gasteiger partial charge in [0.25, 0.3) is 0 Å². The van der Waals surface area contributed by atoms with E-state index in [-0.39, 0.29) is 0 Å². The van der Waals surface area contributed by atoms with E-state index in [4.69, 9.17) is 17.3 Å². The molecule has 0 aliphatic carbocycles. The third kappa shape index (κ3) is 4.40. The number of nitrogens with two attached hydrogens (primary N) is 1. The number of rotatable bonds is 4. The Balaban J connectivity index is 2.83. The predicted octanol–water partition coefficient (Wildman–Crippen LogP) is 3.12. The van der Waals surface area contributed by atoms with Crippen LogP contribution in [-0.4, -0.2) is 28.2 Å². The van der Waals surface area contributed by atoms with Crippen LogP contribution >= 0.6 is 11.6 Å². The summed E-state index contributed by atoms with van der Waals surface area (Å²) >= 11 is 5.92. The summed E-state index contributed by atoms with van der Waals surface area (Å²) in [6, 6.07) is 5.55. The van der Waals surface area contributed by atoms with E-state index in [1.807, 2.05) is 32.9 Å². The van der Waals surface area contributed by atoms with E-state index in [9.17, 15) is 9.90 Å². The van der Waals surface area contributed by atoms with Gasteiger partial charge in [0.2, 0.25) is 0 Å². The molecule has 0 saturated heterocycles. The van der Waals surface area contributed by atoms with Crippen LogP contribution in [0.15, 0.2) is 18.2 Å². The van der Waals surface area contributed by atoms with Gasteiger partial charge >= 0.3 is 6.09 Å². The van der Waals surface area contributed by atoms with Crippen molar-refractivity contribution < 1.29 is 9.90 Å². The lowest BCUT2D eigenvalue weighted by atomic mass is 10.0. The van der Waals surface area contributed by atoms with Crippen LogP contribution in [0.2, 0.25) is 5.02 Å². The van der Waals surface area contributed by atoms with Crippen LogP contribution in [0.4, 0.5) is 4.79 Å². The van der Waals surface area contributed by atoms with Crippen LogP contribution in [0.1, 0.15) is 31.9 Å². The number of carbonyl (C=O) groups is 1. The van der Waals surface area contributed by atoms with Gasteiger partial charge in [-0.05, 0) is 50.5 Å². The first kappa shape index (κ1) is 15.8. The zero-order valence-electron chi connectivity index (χ0n) is 11.6. The highest BCUT2D eigenvalue weighted by molar-refractivity contribution is 6.30. The average molecular weight is 285 g/mol.